The maximum absolute atomic E-state index is 13.3. The lowest BCUT2D eigenvalue weighted by Gasteiger charge is -2.35. The van der Waals surface area contributed by atoms with Crippen LogP contribution in [-0.2, 0) is 14.8 Å². The SMILES string of the molecule is CCC1CCCCN1CCCNC(=O)CN(c1ccccc1)S(=O)(=O)c1ccc(Cl)cc1. The Morgan fingerprint density at radius 2 is 1.84 bits per heavy atom. The number of nitrogens with one attached hydrogen (secondary N) is 1. The Balaban J connectivity index is 1.62. The van der Waals surface area contributed by atoms with E-state index in [0.717, 1.165) is 30.2 Å². The molecule has 1 amide bonds. The van der Waals surface area contributed by atoms with Crippen molar-refractivity contribution in [2.45, 2.75) is 50.0 Å². The summed E-state index contributed by atoms with van der Waals surface area (Å²) in [5, 5.41) is 3.35. The molecular formula is C24H32ClN3O3S. The molecule has 0 bridgehead atoms. The standard InChI is InChI=1S/C24H32ClN3O3S/c1-2-21-9-6-7-17-27(21)18-8-16-26-24(29)19-28(22-10-4-3-5-11-22)32(30,31)23-14-12-20(25)13-15-23/h3-5,10-15,21H,2,6-9,16-19H2,1H3,(H,26,29). The summed E-state index contributed by atoms with van der Waals surface area (Å²) < 4.78 is 27.7. The first-order valence-electron chi connectivity index (χ1n) is 11.3. The molecule has 2 aromatic rings. The summed E-state index contributed by atoms with van der Waals surface area (Å²) in [6.07, 6.45) is 5.77. The van der Waals surface area contributed by atoms with Crippen LogP contribution >= 0.6 is 11.6 Å². The fourth-order valence-corrected chi connectivity index (χ4v) is 5.70. The van der Waals surface area contributed by atoms with Crippen LogP contribution < -0.4 is 9.62 Å². The van der Waals surface area contributed by atoms with Crippen LogP contribution in [0.2, 0.25) is 5.02 Å². The molecule has 1 fully saturated rings. The predicted molar refractivity (Wildman–Crippen MR) is 130 cm³/mol. The highest BCUT2D eigenvalue weighted by Crippen LogP contribution is 2.24. The van der Waals surface area contributed by atoms with Crippen molar-refractivity contribution in [2.75, 3.05) is 30.5 Å². The summed E-state index contributed by atoms with van der Waals surface area (Å²) in [5.41, 5.74) is 0.441. The Kier molecular flexibility index (Phi) is 8.96. The molecule has 0 aliphatic carbocycles. The maximum Gasteiger partial charge on any atom is 0.264 e. The molecule has 1 heterocycles. The maximum atomic E-state index is 13.3. The molecule has 2 aromatic carbocycles. The zero-order chi connectivity index (χ0) is 23.0. The van der Waals surface area contributed by atoms with Crippen LogP contribution in [0.4, 0.5) is 5.69 Å². The van der Waals surface area contributed by atoms with E-state index >= 15 is 0 Å². The third-order valence-electron chi connectivity index (χ3n) is 5.90. The number of carbonyl (C=O) groups excluding carboxylic acids is 1. The van der Waals surface area contributed by atoms with Gasteiger partial charge in [0.1, 0.15) is 6.54 Å². The molecule has 0 spiro atoms. The number of rotatable bonds is 10. The summed E-state index contributed by atoms with van der Waals surface area (Å²) in [7, 11) is -3.92. The van der Waals surface area contributed by atoms with Gasteiger partial charge in [0.15, 0.2) is 0 Å². The summed E-state index contributed by atoms with van der Waals surface area (Å²) in [6.45, 7) is 4.54. The molecule has 6 nitrogen and oxygen atoms in total. The third kappa shape index (κ3) is 6.47. The quantitative estimate of drug-likeness (QED) is 0.518. The second kappa shape index (κ2) is 11.7. The minimum Gasteiger partial charge on any atom is -0.354 e. The first kappa shape index (κ1) is 24.6. The van der Waals surface area contributed by atoms with Gasteiger partial charge in [0, 0.05) is 24.2 Å². The zero-order valence-corrected chi connectivity index (χ0v) is 20.1. The number of amides is 1. The Morgan fingerprint density at radius 3 is 2.53 bits per heavy atom. The first-order chi connectivity index (χ1) is 15.4. The number of carbonyl (C=O) groups is 1. The van der Waals surface area contributed by atoms with Crippen LogP contribution in [0.1, 0.15) is 39.0 Å². The summed E-state index contributed by atoms with van der Waals surface area (Å²) in [6, 6.07) is 15.3. The molecule has 1 aliphatic rings. The van der Waals surface area contributed by atoms with E-state index in [0.29, 0.717) is 23.3 Å². The number of benzene rings is 2. The molecule has 0 aromatic heterocycles. The number of anilines is 1. The number of sulfonamides is 1. The van der Waals surface area contributed by atoms with Gasteiger partial charge in [-0.2, -0.15) is 0 Å². The van der Waals surface area contributed by atoms with Crippen molar-refractivity contribution < 1.29 is 13.2 Å². The minimum absolute atomic E-state index is 0.0919. The predicted octanol–water partition coefficient (Wildman–Crippen LogP) is 4.31. The van der Waals surface area contributed by atoms with Crippen LogP contribution in [0.3, 0.4) is 0 Å². The second-order valence-electron chi connectivity index (χ2n) is 8.10. The molecule has 1 aliphatic heterocycles. The molecule has 0 radical (unpaired) electrons. The Bertz CT molecular complexity index is 968. The van der Waals surface area contributed by atoms with Crippen LogP contribution in [0, 0.1) is 0 Å². The fourth-order valence-electron chi connectivity index (χ4n) is 4.16. The molecule has 1 saturated heterocycles. The van der Waals surface area contributed by atoms with E-state index in [-0.39, 0.29) is 17.3 Å². The summed E-state index contributed by atoms with van der Waals surface area (Å²) in [5.74, 6) is -0.322. The topological polar surface area (TPSA) is 69.7 Å². The van der Waals surface area contributed by atoms with E-state index in [1.54, 1.807) is 30.3 Å². The van der Waals surface area contributed by atoms with Gasteiger partial charge in [-0.25, -0.2) is 8.42 Å². The van der Waals surface area contributed by atoms with Gasteiger partial charge in [-0.3, -0.25) is 9.10 Å². The van der Waals surface area contributed by atoms with E-state index in [9.17, 15) is 13.2 Å². The molecule has 32 heavy (non-hydrogen) atoms. The lowest BCUT2D eigenvalue weighted by molar-refractivity contribution is -0.119. The average molecular weight is 478 g/mol. The van der Waals surface area contributed by atoms with Crippen LogP contribution in [0.25, 0.3) is 0 Å². The number of halogens is 1. The molecular weight excluding hydrogens is 446 g/mol. The summed E-state index contributed by atoms with van der Waals surface area (Å²) >= 11 is 5.91. The monoisotopic (exact) mass is 477 g/mol. The van der Waals surface area contributed by atoms with Crippen LogP contribution in [-0.4, -0.2) is 51.4 Å². The van der Waals surface area contributed by atoms with E-state index in [2.05, 4.69) is 17.1 Å². The van der Waals surface area contributed by atoms with Crippen molar-refractivity contribution in [2.24, 2.45) is 0 Å². The van der Waals surface area contributed by atoms with E-state index in [1.807, 2.05) is 0 Å². The van der Waals surface area contributed by atoms with Gasteiger partial charge in [-0.1, -0.05) is 43.1 Å². The largest absolute Gasteiger partial charge is 0.354 e. The van der Waals surface area contributed by atoms with Crippen molar-refractivity contribution in [3.63, 3.8) is 0 Å². The van der Waals surface area contributed by atoms with E-state index in [1.165, 1.54) is 43.5 Å². The average Bonchev–Trinajstić information content (AvgIpc) is 2.81. The van der Waals surface area contributed by atoms with Gasteiger partial charge in [-0.05, 0) is 68.6 Å². The highest BCUT2D eigenvalue weighted by Gasteiger charge is 2.27. The van der Waals surface area contributed by atoms with Crippen molar-refractivity contribution in [3.8, 4) is 0 Å². The third-order valence-corrected chi connectivity index (χ3v) is 7.94. The molecule has 1 N–H and O–H groups in total. The van der Waals surface area contributed by atoms with Gasteiger partial charge in [0.05, 0.1) is 10.6 Å². The first-order valence-corrected chi connectivity index (χ1v) is 13.1. The molecule has 0 saturated carbocycles. The van der Waals surface area contributed by atoms with Crippen molar-refractivity contribution in [1.29, 1.82) is 0 Å². The number of likely N-dealkylation sites (tertiary alicyclic amines) is 1. The van der Waals surface area contributed by atoms with Gasteiger partial charge in [-0.15, -0.1) is 0 Å². The fraction of sp³-hybridized carbons (Fsp3) is 0.458. The Labute approximate surface area is 196 Å². The van der Waals surface area contributed by atoms with Gasteiger partial charge in [0.25, 0.3) is 10.0 Å². The van der Waals surface area contributed by atoms with Gasteiger partial charge in [0.2, 0.25) is 5.91 Å². The smallest absolute Gasteiger partial charge is 0.264 e. The number of hydrogen-bond donors (Lipinski definition) is 1. The van der Waals surface area contributed by atoms with Gasteiger partial charge >= 0.3 is 0 Å². The number of para-hydroxylation sites is 1. The normalized spacial score (nSPS) is 17.1. The highest BCUT2D eigenvalue weighted by molar-refractivity contribution is 7.92. The molecule has 174 valence electrons. The Morgan fingerprint density at radius 1 is 1.12 bits per heavy atom. The molecule has 8 heteroatoms. The van der Waals surface area contributed by atoms with Crippen molar-refractivity contribution >= 4 is 33.2 Å². The highest BCUT2D eigenvalue weighted by atomic mass is 35.5. The molecule has 1 atom stereocenters. The number of nitrogens with zero attached hydrogens (tertiary/aromatic N) is 2. The minimum atomic E-state index is -3.92. The van der Waals surface area contributed by atoms with E-state index < -0.39 is 10.0 Å². The van der Waals surface area contributed by atoms with Crippen LogP contribution in [0.5, 0.6) is 0 Å². The van der Waals surface area contributed by atoms with E-state index in [4.69, 9.17) is 11.6 Å². The van der Waals surface area contributed by atoms with Gasteiger partial charge < -0.3 is 10.2 Å². The lowest BCUT2D eigenvalue weighted by Crippen LogP contribution is -2.43. The summed E-state index contributed by atoms with van der Waals surface area (Å²) in [4.78, 5) is 15.3. The number of hydrogen-bond acceptors (Lipinski definition) is 4. The zero-order valence-electron chi connectivity index (χ0n) is 18.5. The molecule has 3 rings (SSSR count). The lowest BCUT2D eigenvalue weighted by atomic mass is 10.00. The van der Waals surface area contributed by atoms with Crippen LogP contribution in [0.15, 0.2) is 59.5 Å². The second-order valence-corrected chi connectivity index (χ2v) is 10.4. The molecule has 1 unspecified atom stereocenters. The van der Waals surface area contributed by atoms with Crippen molar-refractivity contribution in [3.05, 3.63) is 59.6 Å². The number of piperidine rings is 1. The Hall–Kier alpha value is -2.09. The van der Waals surface area contributed by atoms with Crippen molar-refractivity contribution in [1.82, 2.24) is 10.2 Å².